The van der Waals surface area contributed by atoms with Crippen molar-refractivity contribution in [2.75, 3.05) is 0 Å². The van der Waals surface area contributed by atoms with E-state index in [0.29, 0.717) is 34.1 Å². The van der Waals surface area contributed by atoms with Gasteiger partial charge in [-0.2, -0.15) is 13.2 Å². The molecule has 5 aromatic rings. The summed E-state index contributed by atoms with van der Waals surface area (Å²) < 4.78 is 43.9. The highest BCUT2D eigenvalue weighted by Crippen LogP contribution is 2.31. The zero-order valence-corrected chi connectivity index (χ0v) is 20.4. The zero-order valence-electron chi connectivity index (χ0n) is 19.6. The van der Waals surface area contributed by atoms with Crippen molar-refractivity contribution in [3.63, 3.8) is 0 Å². The first-order valence-corrected chi connectivity index (χ1v) is 11.3. The first kappa shape index (κ1) is 23.8. The van der Waals surface area contributed by atoms with Crippen molar-refractivity contribution in [2.24, 2.45) is 14.1 Å². The molecule has 0 aliphatic carbocycles. The van der Waals surface area contributed by atoms with Crippen LogP contribution < -0.4 is 5.62 Å². The van der Waals surface area contributed by atoms with E-state index in [1.807, 2.05) is 31.2 Å². The molecule has 0 saturated heterocycles. The average molecular weight is 512 g/mol. The van der Waals surface area contributed by atoms with Crippen LogP contribution in [0.3, 0.4) is 0 Å². The molecule has 3 aromatic heterocycles. The SMILES string of the molecule is Cc1cccc(Cl)c1-c1ncc2c(n1)n(Cc1ccc(-c3nc(C(F)(F)F)cn3C)cc1)c(=N)n2C. The van der Waals surface area contributed by atoms with E-state index in [1.165, 1.54) is 11.6 Å². The Bertz CT molecular complexity index is 1640. The van der Waals surface area contributed by atoms with E-state index in [0.717, 1.165) is 22.9 Å². The van der Waals surface area contributed by atoms with Gasteiger partial charge >= 0.3 is 6.18 Å². The van der Waals surface area contributed by atoms with Gasteiger partial charge in [-0.25, -0.2) is 15.0 Å². The standard InChI is InChI=1S/C25H21ClF3N7/c1-14-5-4-6-17(26)20(14)21-31-11-18-23(33-21)36(24(30)35(18)3)12-15-7-9-16(10-8-15)22-32-19(13-34(22)2)25(27,28)29/h4-11,13,30H,12H2,1-3H3. The number of alkyl halides is 3. The third kappa shape index (κ3) is 4.07. The molecule has 0 unspecified atom stereocenters. The number of aryl methyl sites for hydroxylation is 3. The fraction of sp³-hybridized carbons (Fsp3) is 0.200. The fourth-order valence-corrected chi connectivity index (χ4v) is 4.50. The Morgan fingerprint density at radius 2 is 1.75 bits per heavy atom. The Balaban J connectivity index is 1.52. The fourth-order valence-electron chi connectivity index (χ4n) is 4.20. The highest BCUT2D eigenvalue weighted by atomic mass is 35.5. The molecule has 0 radical (unpaired) electrons. The van der Waals surface area contributed by atoms with Crippen LogP contribution in [0.25, 0.3) is 33.9 Å². The van der Waals surface area contributed by atoms with Crippen LogP contribution in [0.1, 0.15) is 16.8 Å². The quantitative estimate of drug-likeness (QED) is 0.353. The first-order chi connectivity index (χ1) is 17.0. The Hall–Kier alpha value is -3.92. The van der Waals surface area contributed by atoms with E-state index in [9.17, 15) is 13.2 Å². The lowest BCUT2D eigenvalue weighted by molar-refractivity contribution is -0.140. The molecule has 0 spiro atoms. The van der Waals surface area contributed by atoms with Crippen molar-refractivity contribution in [2.45, 2.75) is 19.6 Å². The second-order valence-corrected chi connectivity index (χ2v) is 8.97. The largest absolute Gasteiger partial charge is 0.434 e. The minimum absolute atomic E-state index is 0.223. The van der Waals surface area contributed by atoms with E-state index >= 15 is 0 Å². The van der Waals surface area contributed by atoms with Gasteiger partial charge in [-0.3, -0.25) is 9.98 Å². The van der Waals surface area contributed by atoms with Crippen LogP contribution in [-0.4, -0.2) is 28.7 Å². The maximum Gasteiger partial charge on any atom is 0.434 e. The molecule has 0 aliphatic heterocycles. The molecular formula is C25H21ClF3N7. The topological polar surface area (TPSA) is 77.3 Å². The van der Waals surface area contributed by atoms with Crippen LogP contribution in [0, 0.1) is 12.3 Å². The summed E-state index contributed by atoms with van der Waals surface area (Å²) in [5.74, 6) is 0.691. The number of nitrogens with zero attached hydrogens (tertiary/aromatic N) is 6. The Morgan fingerprint density at radius 3 is 2.39 bits per heavy atom. The summed E-state index contributed by atoms with van der Waals surface area (Å²) in [5, 5.41) is 9.15. The van der Waals surface area contributed by atoms with Gasteiger partial charge in [0, 0.05) is 31.4 Å². The number of benzene rings is 2. The van der Waals surface area contributed by atoms with E-state index in [2.05, 4.69) is 9.97 Å². The van der Waals surface area contributed by atoms with Crippen molar-refractivity contribution in [1.29, 1.82) is 5.41 Å². The van der Waals surface area contributed by atoms with Gasteiger partial charge in [0.05, 0.1) is 17.8 Å². The summed E-state index contributed by atoms with van der Waals surface area (Å²) in [5.41, 5.74) is 3.66. The van der Waals surface area contributed by atoms with Crippen molar-refractivity contribution in [1.82, 2.24) is 28.7 Å². The molecule has 0 amide bonds. The Morgan fingerprint density at radius 1 is 1.03 bits per heavy atom. The van der Waals surface area contributed by atoms with Gasteiger partial charge in [0.2, 0.25) is 5.62 Å². The molecule has 0 bridgehead atoms. The van der Waals surface area contributed by atoms with Crippen LogP contribution in [0.2, 0.25) is 5.02 Å². The van der Waals surface area contributed by atoms with Gasteiger partial charge in [0.1, 0.15) is 11.3 Å². The number of halogens is 4. The second kappa shape index (κ2) is 8.63. The number of rotatable bonds is 4. The summed E-state index contributed by atoms with van der Waals surface area (Å²) in [6.45, 7) is 2.27. The summed E-state index contributed by atoms with van der Waals surface area (Å²) in [6.07, 6.45) is -1.86. The normalized spacial score (nSPS) is 12.0. The lowest BCUT2D eigenvalue weighted by atomic mass is 10.1. The van der Waals surface area contributed by atoms with Crippen molar-refractivity contribution >= 4 is 22.8 Å². The van der Waals surface area contributed by atoms with E-state index in [4.69, 9.17) is 22.0 Å². The molecule has 11 heteroatoms. The predicted molar refractivity (Wildman–Crippen MR) is 130 cm³/mol. The molecule has 36 heavy (non-hydrogen) atoms. The van der Waals surface area contributed by atoms with E-state index in [-0.39, 0.29) is 11.4 Å². The number of nitrogens with one attached hydrogen (secondary N) is 1. The summed E-state index contributed by atoms with van der Waals surface area (Å²) in [6, 6.07) is 12.6. The smallest absolute Gasteiger partial charge is 0.333 e. The summed E-state index contributed by atoms with van der Waals surface area (Å²) in [7, 11) is 3.30. The van der Waals surface area contributed by atoms with Gasteiger partial charge < -0.3 is 9.13 Å². The van der Waals surface area contributed by atoms with Crippen LogP contribution in [0.5, 0.6) is 0 Å². The monoisotopic (exact) mass is 511 g/mol. The van der Waals surface area contributed by atoms with Gasteiger partial charge in [0.15, 0.2) is 17.2 Å². The Kier molecular flexibility index (Phi) is 5.71. The second-order valence-electron chi connectivity index (χ2n) is 8.56. The van der Waals surface area contributed by atoms with E-state index in [1.54, 1.807) is 40.6 Å². The van der Waals surface area contributed by atoms with Crippen molar-refractivity contribution < 1.29 is 13.2 Å². The average Bonchev–Trinajstić information content (AvgIpc) is 3.33. The minimum Gasteiger partial charge on any atom is -0.333 e. The molecule has 3 heterocycles. The molecule has 5 rings (SSSR count). The molecule has 0 aliphatic rings. The number of aromatic nitrogens is 6. The summed E-state index contributed by atoms with van der Waals surface area (Å²) >= 11 is 6.43. The molecule has 7 nitrogen and oxygen atoms in total. The van der Waals surface area contributed by atoms with Gasteiger partial charge in [-0.15, -0.1) is 0 Å². The lowest BCUT2D eigenvalue weighted by Gasteiger charge is -2.09. The molecule has 1 N–H and O–H groups in total. The maximum absolute atomic E-state index is 13.0. The van der Waals surface area contributed by atoms with Crippen molar-refractivity contribution in [3.8, 4) is 22.8 Å². The molecule has 0 saturated carbocycles. The minimum atomic E-state index is -4.51. The molecule has 0 fully saturated rings. The maximum atomic E-state index is 13.0. The van der Waals surface area contributed by atoms with Gasteiger partial charge in [-0.1, -0.05) is 48.0 Å². The van der Waals surface area contributed by atoms with Crippen LogP contribution >= 0.6 is 11.6 Å². The molecule has 184 valence electrons. The zero-order chi connectivity index (χ0) is 25.8. The highest BCUT2D eigenvalue weighted by molar-refractivity contribution is 6.33. The number of hydrogen-bond donors (Lipinski definition) is 1. The Labute approximate surface area is 209 Å². The van der Waals surface area contributed by atoms with E-state index < -0.39 is 11.9 Å². The predicted octanol–water partition coefficient (Wildman–Crippen LogP) is 5.35. The number of imidazole rings is 2. The molecule has 2 aromatic carbocycles. The third-order valence-corrected chi connectivity index (χ3v) is 6.42. The van der Waals surface area contributed by atoms with Gasteiger partial charge in [-0.05, 0) is 24.1 Å². The molecule has 0 atom stereocenters. The van der Waals surface area contributed by atoms with Gasteiger partial charge in [0.25, 0.3) is 0 Å². The summed E-state index contributed by atoms with van der Waals surface area (Å²) in [4.78, 5) is 13.0. The molecular weight excluding hydrogens is 491 g/mol. The third-order valence-electron chi connectivity index (χ3n) is 6.11. The van der Waals surface area contributed by atoms with Crippen LogP contribution in [0.4, 0.5) is 13.2 Å². The highest BCUT2D eigenvalue weighted by Gasteiger charge is 2.34. The first-order valence-electron chi connectivity index (χ1n) is 11.0. The van der Waals surface area contributed by atoms with Crippen LogP contribution in [-0.2, 0) is 26.8 Å². The van der Waals surface area contributed by atoms with Crippen molar-refractivity contribution in [3.05, 3.63) is 82.3 Å². The lowest BCUT2D eigenvalue weighted by Crippen LogP contribution is -2.23. The number of fused-ring (bicyclic) bond motifs is 1. The van der Waals surface area contributed by atoms with Crippen LogP contribution in [0.15, 0.2) is 54.9 Å². The number of hydrogen-bond acceptors (Lipinski definition) is 4.